The Morgan fingerprint density at radius 3 is 3.06 bits per heavy atom. The number of ether oxygens (including phenoxy) is 1. The quantitative estimate of drug-likeness (QED) is 0.863. The average Bonchev–Trinajstić information content (AvgIpc) is 2.39. The second kappa shape index (κ2) is 5.21. The van der Waals surface area contributed by atoms with Crippen LogP contribution in [0.3, 0.4) is 0 Å². The van der Waals surface area contributed by atoms with Crippen molar-refractivity contribution in [2.45, 2.75) is 24.3 Å². The topological polar surface area (TPSA) is 85.5 Å². The van der Waals surface area contributed by atoms with Crippen LogP contribution in [0.1, 0.15) is 13.3 Å². The Labute approximate surface area is 107 Å². The number of nitrogens with two attached hydrogens (primary N) is 1. The van der Waals surface area contributed by atoms with Crippen LogP contribution in [-0.2, 0) is 14.8 Å². The minimum Gasteiger partial charge on any atom is -0.398 e. The first-order valence-electron chi connectivity index (χ1n) is 5.87. The van der Waals surface area contributed by atoms with Crippen molar-refractivity contribution in [2.75, 3.05) is 25.4 Å². The molecule has 1 atom stereocenters. The predicted octanol–water partition coefficient (Wildman–Crippen LogP) is 0.463. The van der Waals surface area contributed by atoms with Gasteiger partial charge in [-0.1, -0.05) is 6.92 Å². The van der Waals surface area contributed by atoms with Gasteiger partial charge in [0.2, 0.25) is 10.0 Å². The highest BCUT2D eigenvalue weighted by atomic mass is 32.2. The van der Waals surface area contributed by atoms with E-state index in [9.17, 15) is 8.42 Å². The van der Waals surface area contributed by atoms with Crippen LogP contribution in [0.25, 0.3) is 0 Å². The van der Waals surface area contributed by atoms with Crippen molar-refractivity contribution in [3.05, 3.63) is 18.5 Å². The third-order valence-corrected chi connectivity index (χ3v) is 4.90. The maximum Gasteiger partial charge on any atom is 0.246 e. The fourth-order valence-electron chi connectivity index (χ4n) is 1.90. The standard InChI is InChI=1S/C11H17N3O3S/c1-2-9-8-14(5-6-17-9)18(15,16)11-7-13-4-3-10(11)12/h3-4,7,9H,2,5-6,8H2,1H3,(H2,12,13). The fraction of sp³-hybridized carbons (Fsp3) is 0.545. The lowest BCUT2D eigenvalue weighted by atomic mass is 10.2. The molecule has 0 amide bonds. The van der Waals surface area contributed by atoms with Gasteiger partial charge in [0, 0.05) is 25.5 Å². The van der Waals surface area contributed by atoms with Gasteiger partial charge in [-0.05, 0) is 12.5 Å². The third kappa shape index (κ3) is 2.47. The van der Waals surface area contributed by atoms with E-state index >= 15 is 0 Å². The number of aromatic nitrogens is 1. The van der Waals surface area contributed by atoms with Gasteiger partial charge in [0.15, 0.2) is 0 Å². The van der Waals surface area contributed by atoms with Crippen molar-refractivity contribution in [1.82, 2.24) is 9.29 Å². The molecule has 0 aliphatic carbocycles. The summed E-state index contributed by atoms with van der Waals surface area (Å²) in [7, 11) is -3.57. The SMILES string of the molecule is CCC1CN(S(=O)(=O)c2cnccc2N)CCO1. The summed E-state index contributed by atoms with van der Waals surface area (Å²) < 4.78 is 31.7. The van der Waals surface area contributed by atoms with E-state index < -0.39 is 10.0 Å². The van der Waals surface area contributed by atoms with Gasteiger partial charge >= 0.3 is 0 Å². The van der Waals surface area contributed by atoms with Crippen molar-refractivity contribution in [1.29, 1.82) is 0 Å². The second-order valence-corrected chi connectivity index (χ2v) is 6.08. The molecule has 0 spiro atoms. The Morgan fingerprint density at radius 1 is 1.61 bits per heavy atom. The Kier molecular flexibility index (Phi) is 3.84. The van der Waals surface area contributed by atoms with E-state index in [0.717, 1.165) is 6.42 Å². The highest BCUT2D eigenvalue weighted by Gasteiger charge is 2.31. The Balaban J connectivity index is 2.29. The predicted molar refractivity (Wildman–Crippen MR) is 67.4 cm³/mol. The Morgan fingerprint density at radius 2 is 2.39 bits per heavy atom. The zero-order valence-corrected chi connectivity index (χ0v) is 11.1. The van der Waals surface area contributed by atoms with Gasteiger partial charge in [0.25, 0.3) is 0 Å². The summed E-state index contributed by atoms with van der Waals surface area (Å²) in [5, 5.41) is 0. The monoisotopic (exact) mass is 271 g/mol. The lowest BCUT2D eigenvalue weighted by Crippen LogP contribution is -2.45. The summed E-state index contributed by atoms with van der Waals surface area (Å²) in [5.41, 5.74) is 5.93. The molecule has 0 saturated carbocycles. The summed E-state index contributed by atoms with van der Waals surface area (Å²) in [6.07, 6.45) is 3.50. The van der Waals surface area contributed by atoms with Crippen molar-refractivity contribution in [3.8, 4) is 0 Å². The van der Waals surface area contributed by atoms with Gasteiger partial charge in [0.05, 0.1) is 18.4 Å². The number of anilines is 1. The average molecular weight is 271 g/mol. The molecule has 0 bridgehead atoms. The van der Waals surface area contributed by atoms with E-state index in [-0.39, 0.29) is 16.7 Å². The molecule has 2 heterocycles. The maximum absolute atomic E-state index is 12.4. The lowest BCUT2D eigenvalue weighted by molar-refractivity contribution is -0.00277. The number of rotatable bonds is 3. The first kappa shape index (κ1) is 13.3. The largest absolute Gasteiger partial charge is 0.398 e. The van der Waals surface area contributed by atoms with Gasteiger partial charge in [-0.3, -0.25) is 4.98 Å². The molecule has 1 saturated heterocycles. The normalized spacial score (nSPS) is 21.9. The summed E-state index contributed by atoms with van der Waals surface area (Å²) in [6.45, 7) is 3.11. The van der Waals surface area contributed by atoms with Crippen molar-refractivity contribution in [3.63, 3.8) is 0 Å². The molecule has 0 radical (unpaired) electrons. The number of nitrogen functional groups attached to an aromatic ring is 1. The van der Waals surface area contributed by atoms with E-state index in [2.05, 4.69) is 4.98 Å². The zero-order chi connectivity index (χ0) is 13.2. The zero-order valence-electron chi connectivity index (χ0n) is 10.2. The first-order chi connectivity index (χ1) is 8.55. The summed E-state index contributed by atoms with van der Waals surface area (Å²) in [5.74, 6) is 0. The van der Waals surface area contributed by atoms with Crippen LogP contribution < -0.4 is 5.73 Å². The van der Waals surface area contributed by atoms with Gasteiger partial charge in [0.1, 0.15) is 4.90 Å². The van der Waals surface area contributed by atoms with Crippen LogP contribution in [0.4, 0.5) is 5.69 Å². The number of pyridine rings is 1. The molecule has 1 aliphatic heterocycles. The van der Waals surface area contributed by atoms with Gasteiger partial charge in [-0.25, -0.2) is 8.42 Å². The highest BCUT2D eigenvalue weighted by Crippen LogP contribution is 2.23. The van der Waals surface area contributed by atoms with Crippen molar-refractivity contribution in [2.24, 2.45) is 0 Å². The highest BCUT2D eigenvalue weighted by molar-refractivity contribution is 7.89. The third-order valence-electron chi connectivity index (χ3n) is 2.99. The van der Waals surface area contributed by atoms with Gasteiger partial charge in [-0.15, -0.1) is 0 Å². The number of morpholine rings is 1. The summed E-state index contributed by atoms with van der Waals surface area (Å²) in [4.78, 5) is 3.90. The minimum absolute atomic E-state index is 0.0496. The first-order valence-corrected chi connectivity index (χ1v) is 7.31. The molecule has 6 nitrogen and oxygen atoms in total. The molecule has 0 aromatic carbocycles. The molecule has 1 aromatic heterocycles. The van der Waals surface area contributed by atoms with Crippen LogP contribution in [0, 0.1) is 0 Å². The fourth-order valence-corrected chi connectivity index (χ4v) is 3.42. The van der Waals surface area contributed by atoms with Crippen LogP contribution >= 0.6 is 0 Å². The smallest absolute Gasteiger partial charge is 0.246 e. The van der Waals surface area contributed by atoms with Crippen LogP contribution in [0.15, 0.2) is 23.4 Å². The lowest BCUT2D eigenvalue weighted by Gasteiger charge is -2.31. The van der Waals surface area contributed by atoms with Crippen LogP contribution in [0.2, 0.25) is 0 Å². The van der Waals surface area contributed by atoms with E-state index in [0.29, 0.717) is 19.7 Å². The van der Waals surface area contributed by atoms with Gasteiger partial charge in [-0.2, -0.15) is 4.31 Å². The van der Waals surface area contributed by atoms with E-state index in [4.69, 9.17) is 10.5 Å². The molecule has 100 valence electrons. The molecular weight excluding hydrogens is 254 g/mol. The molecule has 18 heavy (non-hydrogen) atoms. The van der Waals surface area contributed by atoms with Gasteiger partial charge < -0.3 is 10.5 Å². The molecule has 1 aromatic rings. The number of hydrogen-bond donors (Lipinski definition) is 1. The van der Waals surface area contributed by atoms with E-state index in [1.807, 2.05) is 6.92 Å². The summed E-state index contributed by atoms with van der Waals surface area (Å²) in [6, 6.07) is 1.49. The minimum atomic E-state index is -3.57. The Hall–Kier alpha value is -1.18. The molecule has 2 N–H and O–H groups in total. The summed E-state index contributed by atoms with van der Waals surface area (Å²) >= 11 is 0. The second-order valence-electron chi connectivity index (χ2n) is 4.18. The van der Waals surface area contributed by atoms with E-state index in [1.165, 1.54) is 22.8 Å². The Bertz CT molecular complexity index is 518. The van der Waals surface area contributed by atoms with Crippen molar-refractivity contribution >= 4 is 15.7 Å². The van der Waals surface area contributed by atoms with Crippen LogP contribution in [-0.4, -0.2) is 43.5 Å². The molecule has 7 heteroatoms. The molecule has 2 rings (SSSR count). The van der Waals surface area contributed by atoms with Crippen molar-refractivity contribution < 1.29 is 13.2 Å². The molecular formula is C11H17N3O3S. The molecule has 1 aliphatic rings. The van der Waals surface area contributed by atoms with Crippen LogP contribution in [0.5, 0.6) is 0 Å². The maximum atomic E-state index is 12.4. The number of sulfonamides is 1. The number of hydrogen-bond acceptors (Lipinski definition) is 5. The number of nitrogens with zero attached hydrogens (tertiary/aromatic N) is 2. The molecule has 1 fully saturated rings. The van der Waals surface area contributed by atoms with E-state index in [1.54, 1.807) is 0 Å². The molecule has 1 unspecified atom stereocenters.